The number of likely N-dealkylation sites (tertiary alicyclic amines) is 1. The third kappa shape index (κ3) is 4.55. The van der Waals surface area contributed by atoms with Gasteiger partial charge in [-0.3, -0.25) is 4.79 Å². The summed E-state index contributed by atoms with van der Waals surface area (Å²) >= 11 is 0. The first-order valence-electron chi connectivity index (χ1n) is 10.4. The average Bonchev–Trinajstić information content (AvgIpc) is 3.18. The number of amides is 1. The van der Waals surface area contributed by atoms with E-state index in [0.717, 1.165) is 38.3 Å². The van der Waals surface area contributed by atoms with Crippen LogP contribution in [0.5, 0.6) is 0 Å². The summed E-state index contributed by atoms with van der Waals surface area (Å²) in [7, 11) is 0. The van der Waals surface area contributed by atoms with Gasteiger partial charge in [0.25, 0.3) is 5.91 Å². The third-order valence-corrected chi connectivity index (χ3v) is 6.00. The number of nitrogens with one attached hydrogen (secondary N) is 2. The lowest BCUT2D eigenvalue weighted by Gasteiger charge is -2.30. The SMILES string of the molecule is O=C(NC1CC[NH+](Cc2nnnn2C2CCCCC2)CC1)c1cccc(F)c1. The van der Waals surface area contributed by atoms with Gasteiger partial charge in [0.2, 0.25) is 5.82 Å². The molecule has 1 saturated heterocycles. The summed E-state index contributed by atoms with van der Waals surface area (Å²) < 4.78 is 15.3. The molecule has 0 unspecified atom stereocenters. The molecule has 150 valence electrons. The standard InChI is InChI=1S/C20H27FN6O/c21-16-6-4-5-15(13-16)20(28)22-17-9-11-26(12-10-17)14-19-23-24-25-27(19)18-7-2-1-3-8-18/h4-6,13,17-18H,1-3,7-12,14H2,(H,22,28)/p+1. The number of aromatic nitrogens is 4. The molecule has 2 aromatic rings. The number of halogens is 1. The largest absolute Gasteiger partial charge is 0.349 e. The van der Waals surface area contributed by atoms with Gasteiger partial charge in [-0.15, -0.1) is 5.10 Å². The van der Waals surface area contributed by atoms with Crippen molar-refractivity contribution in [3.05, 3.63) is 41.5 Å². The van der Waals surface area contributed by atoms with E-state index in [1.807, 2.05) is 4.68 Å². The van der Waals surface area contributed by atoms with Crippen LogP contribution in [0.4, 0.5) is 4.39 Å². The molecule has 1 saturated carbocycles. The van der Waals surface area contributed by atoms with Gasteiger partial charge in [0.05, 0.1) is 19.1 Å². The lowest BCUT2D eigenvalue weighted by Crippen LogP contribution is -3.12. The second kappa shape index (κ2) is 8.77. The summed E-state index contributed by atoms with van der Waals surface area (Å²) in [5, 5.41) is 15.5. The van der Waals surface area contributed by atoms with Crippen LogP contribution in [0.15, 0.2) is 24.3 Å². The molecular weight excluding hydrogens is 359 g/mol. The van der Waals surface area contributed by atoms with Gasteiger partial charge in [-0.1, -0.05) is 25.3 Å². The van der Waals surface area contributed by atoms with E-state index in [4.69, 9.17) is 0 Å². The summed E-state index contributed by atoms with van der Waals surface area (Å²) in [6.07, 6.45) is 7.97. The fourth-order valence-electron chi connectivity index (χ4n) is 4.41. The van der Waals surface area contributed by atoms with Crippen molar-refractivity contribution in [1.29, 1.82) is 0 Å². The fraction of sp³-hybridized carbons (Fsp3) is 0.600. The first-order valence-corrected chi connectivity index (χ1v) is 10.4. The van der Waals surface area contributed by atoms with E-state index in [0.29, 0.717) is 11.6 Å². The Morgan fingerprint density at radius 2 is 1.96 bits per heavy atom. The Bertz CT molecular complexity index is 795. The van der Waals surface area contributed by atoms with Crippen LogP contribution in [0.1, 0.15) is 67.2 Å². The van der Waals surface area contributed by atoms with Crippen LogP contribution < -0.4 is 10.2 Å². The summed E-state index contributed by atoms with van der Waals surface area (Å²) in [6.45, 7) is 2.76. The Labute approximate surface area is 164 Å². The van der Waals surface area contributed by atoms with Crippen molar-refractivity contribution in [2.75, 3.05) is 13.1 Å². The predicted molar refractivity (Wildman–Crippen MR) is 101 cm³/mol. The van der Waals surface area contributed by atoms with Gasteiger partial charge in [-0.05, 0) is 41.5 Å². The lowest BCUT2D eigenvalue weighted by molar-refractivity contribution is -0.919. The summed E-state index contributed by atoms with van der Waals surface area (Å²) in [5.41, 5.74) is 0.376. The Hall–Kier alpha value is -2.35. The summed E-state index contributed by atoms with van der Waals surface area (Å²) in [5.74, 6) is 0.390. The van der Waals surface area contributed by atoms with Gasteiger partial charge in [-0.2, -0.15) is 0 Å². The zero-order valence-corrected chi connectivity index (χ0v) is 16.1. The summed E-state index contributed by atoms with van der Waals surface area (Å²) in [4.78, 5) is 13.8. The van der Waals surface area contributed by atoms with Crippen LogP contribution in [0.3, 0.4) is 0 Å². The minimum Gasteiger partial charge on any atom is -0.349 e. The number of hydrogen-bond acceptors (Lipinski definition) is 4. The maximum absolute atomic E-state index is 13.3. The first kappa shape index (κ1) is 19.0. The van der Waals surface area contributed by atoms with Crippen molar-refractivity contribution in [3.63, 3.8) is 0 Å². The molecule has 2 heterocycles. The van der Waals surface area contributed by atoms with Crippen molar-refractivity contribution in [2.45, 2.75) is 63.6 Å². The normalized spacial score (nSPS) is 23.5. The molecule has 0 spiro atoms. The maximum Gasteiger partial charge on any atom is 0.251 e. The highest BCUT2D eigenvalue weighted by atomic mass is 19.1. The van der Waals surface area contributed by atoms with Crippen LogP contribution in [-0.4, -0.2) is 45.2 Å². The maximum atomic E-state index is 13.3. The Balaban J connectivity index is 1.28. The third-order valence-electron chi connectivity index (χ3n) is 6.00. The number of benzene rings is 1. The molecule has 4 rings (SSSR count). The molecule has 2 N–H and O–H groups in total. The van der Waals surface area contributed by atoms with Crippen LogP contribution >= 0.6 is 0 Å². The van der Waals surface area contributed by atoms with Gasteiger partial charge >= 0.3 is 0 Å². The molecule has 0 bridgehead atoms. The van der Waals surface area contributed by atoms with Crippen molar-refractivity contribution in [3.8, 4) is 0 Å². The fourth-order valence-corrected chi connectivity index (χ4v) is 4.41. The number of carbonyl (C=O) groups excluding carboxylic acids is 1. The molecule has 28 heavy (non-hydrogen) atoms. The highest BCUT2D eigenvalue weighted by Gasteiger charge is 2.27. The summed E-state index contributed by atoms with van der Waals surface area (Å²) in [6, 6.07) is 6.41. The van der Waals surface area contributed by atoms with Gasteiger partial charge in [-0.25, -0.2) is 9.07 Å². The number of hydrogen-bond donors (Lipinski definition) is 2. The molecule has 1 aromatic carbocycles. The second-order valence-corrected chi connectivity index (χ2v) is 8.02. The lowest BCUT2D eigenvalue weighted by atomic mass is 9.95. The number of tetrazole rings is 1. The van der Waals surface area contributed by atoms with Gasteiger partial charge < -0.3 is 10.2 Å². The molecule has 1 aliphatic heterocycles. The van der Waals surface area contributed by atoms with E-state index in [9.17, 15) is 9.18 Å². The number of quaternary nitrogens is 1. The molecule has 8 heteroatoms. The quantitative estimate of drug-likeness (QED) is 0.811. The van der Waals surface area contributed by atoms with Crippen LogP contribution in [0, 0.1) is 5.82 Å². The van der Waals surface area contributed by atoms with Gasteiger partial charge in [0, 0.05) is 24.4 Å². The van der Waals surface area contributed by atoms with Crippen molar-refractivity contribution < 1.29 is 14.1 Å². The average molecular weight is 387 g/mol. The van der Waals surface area contributed by atoms with Gasteiger partial charge in [0.1, 0.15) is 12.4 Å². The number of piperidine rings is 1. The Kier molecular flexibility index (Phi) is 5.95. The molecule has 7 nitrogen and oxygen atoms in total. The zero-order valence-electron chi connectivity index (χ0n) is 16.1. The number of rotatable bonds is 5. The topological polar surface area (TPSA) is 77.1 Å². The molecule has 1 aromatic heterocycles. The van der Waals surface area contributed by atoms with Gasteiger partial charge in [0.15, 0.2) is 0 Å². The minimum absolute atomic E-state index is 0.133. The van der Waals surface area contributed by atoms with Crippen molar-refractivity contribution in [2.24, 2.45) is 0 Å². The molecule has 0 atom stereocenters. The van der Waals surface area contributed by atoms with E-state index in [2.05, 4.69) is 20.8 Å². The smallest absolute Gasteiger partial charge is 0.251 e. The number of nitrogens with zero attached hydrogens (tertiary/aromatic N) is 4. The Morgan fingerprint density at radius 3 is 2.71 bits per heavy atom. The minimum atomic E-state index is -0.386. The first-order chi connectivity index (χ1) is 13.7. The van der Waals surface area contributed by atoms with Crippen LogP contribution in [0.2, 0.25) is 0 Å². The van der Waals surface area contributed by atoms with E-state index < -0.39 is 0 Å². The molecule has 0 radical (unpaired) electrons. The molecule has 1 amide bonds. The predicted octanol–water partition coefficient (Wildman–Crippen LogP) is 1.29. The molecular formula is C20H28FN6O+. The zero-order chi connectivity index (χ0) is 19.3. The molecule has 2 aliphatic rings. The van der Waals surface area contributed by atoms with E-state index in [-0.39, 0.29) is 17.8 Å². The van der Waals surface area contributed by atoms with Crippen LogP contribution in [0.25, 0.3) is 0 Å². The van der Waals surface area contributed by atoms with Crippen molar-refractivity contribution in [1.82, 2.24) is 25.5 Å². The van der Waals surface area contributed by atoms with E-state index >= 15 is 0 Å². The highest BCUT2D eigenvalue weighted by molar-refractivity contribution is 5.94. The van der Waals surface area contributed by atoms with Crippen molar-refractivity contribution >= 4 is 5.91 Å². The monoisotopic (exact) mass is 387 g/mol. The molecule has 2 fully saturated rings. The van der Waals surface area contributed by atoms with Crippen LogP contribution in [-0.2, 0) is 6.54 Å². The second-order valence-electron chi connectivity index (χ2n) is 8.02. The highest BCUT2D eigenvalue weighted by Crippen LogP contribution is 2.27. The Morgan fingerprint density at radius 1 is 1.18 bits per heavy atom. The van der Waals surface area contributed by atoms with E-state index in [1.165, 1.54) is 49.1 Å². The number of carbonyl (C=O) groups is 1. The van der Waals surface area contributed by atoms with E-state index in [1.54, 1.807) is 12.1 Å². The molecule has 1 aliphatic carbocycles.